The summed E-state index contributed by atoms with van der Waals surface area (Å²) in [5.74, 6) is 0. The molecule has 0 aliphatic rings. The average Bonchev–Trinajstić information content (AvgIpc) is 3.09. The predicted octanol–water partition coefficient (Wildman–Crippen LogP) is 4.57. The minimum absolute atomic E-state index is 0.861. The zero-order valence-electron chi connectivity index (χ0n) is 11.5. The van der Waals surface area contributed by atoms with Crippen LogP contribution >= 0.6 is 44.3 Å². The number of thiazole rings is 2. The summed E-state index contributed by atoms with van der Waals surface area (Å²) in [4.78, 5) is 9.04. The molecule has 0 saturated heterocycles. The van der Waals surface area contributed by atoms with E-state index >= 15 is 0 Å². The van der Waals surface area contributed by atoms with E-state index in [1.807, 2.05) is 31.2 Å². The van der Waals surface area contributed by atoms with Crippen LogP contribution in [0.15, 0.2) is 46.1 Å². The average molecular weight is 351 g/mol. The third kappa shape index (κ3) is 3.97. The number of aromatic nitrogens is 2. The summed E-state index contributed by atoms with van der Waals surface area (Å²) < 4.78 is 4.47. The van der Waals surface area contributed by atoms with E-state index in [-0.39, 0.29) is 0 Å². The zero-order chi connectivity index (χ0) is 15.2. The molecule has 0 bridgehead atoms. The first-order chi connectivity index (χ1) is 10.3. The van der Waals surface area contributed by atoms with E-state index in [1.54, 1.807) is 44.3 Å². The quantitative estimate of drug-likeness (QED) is 0.511. The van der Waals surface area contributed by atoms with Gasteiger partial charge in [0.25, 0.3) is 0 Å². The van der Waals surface area contributed by atoms with Crippen LogP contribution in [0, 0.1) is 0 Å². The lowest BCUT2D eigenvalue weighted by Gasteiger charge is -1.90. The molecule has 0 N–H and O–H groups in total. The zero-order valence-corrected chi connectivity index (χ0v) is 14.8. The Balaban J connectivity index is 0.000000774. The van der Waals surface area contributed by atoms with E-state index in [0.717, 1.165) is 24.1 Å². The number of hydrogen-bond acceptors (Lipinski definition) is 6. The Labute approximate surface area is 139 Å². The molecule has 0 saturated carbocycles. The Morgan fingerprint density at radius 2 is 1.71 bits per heavy atom. The van der Waals surface area contributed by atoms with Gasteiger partial charge in [-0.2, -0.15) is 0 Å². The van der Waals surface area contributed by atoms with Gasteiger partial charge in [0, 0.05) is 0 Å². The molecule has 2 nitrogen and oxygen atoms in total. The first-order valence-corrected chi connectivity index (χ1v) is 9.87. The van der Waals surface area contributed by atoms with Gasteiger partial charge in [0.2, 0.25) is 0 Å². The number of nitrogens with zero attached hydrogens (tertiary/aromatic N) is 2. The van der Waals surface area contributed by atoms with Crippen molar-refractivity contribution in [1.29, 1.82) is 0 Å². The van der Waals surface area contributed by atoms with E-state index in [4.69, 9.17) is 0 Å². The van der Waals surface area contributed by atoms with E-state index in [2.05, 4.69) is 35.8 Å². The van der Waals surface area contributed by atoms with Crippen molar-refractivity contribution >= 4 is 67.1 Å². The molecule has 108 valence electrons. The van der Waals surface area contributed by atoms with Crippen LogP contribution in [0.5, 0.6) is 0 Å². The Hall–Kier alpha value is -1.08. The van der Waals surface area contributed by atoms with Crippen molar-refractivity contribution in [2.45, 2.75) is 15.6 Å². The van der Waals surface area contributed by atoms with Crippen LogP contribution in [0.2, 0.25) is 0 Å². The van der Waals surface area contributed by atoms with Gasteiger partial charge in [-0.25, -0.2) is 9.97 Å². The second-order valence-corrected chi connectivity index (χ2v) is 8.38. The molecule has 1 aromatic carbocycles. The van der Waals surface area contributed by atoms with Crippen molar-refractivity contribution in [2.75, 3.05) is 0 Å². The monoisotopic (exact) mass is 350 g/mol. The molecule has 0 amide bonds. The summed E-state index contributed by atoms with van der Waals surface area (Å²) in [7, 11) is 3.31. The molecule has 0 radical (unpaired) electrons. The van der Waals surface area contributed by atoms with Crippen molar-refractivity contribution in [3.05, 3.63) is 47.3 Å². The Bertz CT molecular complexity index is 802. The molecule has 2 aromatic heterocycles. The molecule has 0 unspecified atom stereocenters. The third-order valence-corrected chi connectivity index (χ3v) is 7.60. The van der Waals surface area contributed by atoms with E-state index in [9.17, 15) is 0 Å². The van der Waals surface area contributed by atoms with Crippen molar-refractivity contribution in [3.8, 4) is 0 Å². The first-order valence-electron chi connectivity index (χ1n) is 6.08. The summed E-state index contributed by atoms with van der Waals surface area (Å²) in [6, 6.07) is 8.20. The molecular weight excluding hydrogens is 336 g/mol. The summed E-state index contributed by atoms with van der Waals surface area (Å²) in [6.45, 7) is 11.9. The molecule has 0 spiro atoms. The maximum atomic E-state index is 4.59. The van der Waals surface area contributed by atoms with Gasteiger partial charge in [-0.3, -0.25) is 0 Å². The molecule has 0 aliphatic carbocycles. The maximum Gasteiger partial charge on any atom is 0.162 e. The highest BCUT2D eigenvalue weighted by molar-refractivity contribution is 8.77. The minimum Gasteiger partial charge on any atom is -0.229 e. The van der Waals surface area contributed by atoms with Crippen molar-refractivity contribution in [2.24, 2.45) is 0 Å². The Morgan fingerprint density at radius 1 is 1.05 bits per heavy atom. The van der Waals surface area contributed by atoms with Crippen LogP contribution in [0.1, 0.15) is 6.92 Å². The summed E-state index contributed by atoms with van der Waals surface area (Å²) >= 11 is 3.39. The first kappa shape index (κ1) is 16.3. The van der Waals surface area contributed by atoms with Crippen molar-refractivity contribution in [3.63, 3.8) is 0 Å². The number of rotatable bonds is 3. The van der Waals surface area contributed by atoms with Crippen LogP contribution in [0.3, 0.4) is 0 Å². The van der Waals surface area contributed by atoms with E-state index in [0.29, 0.717) is 0 Å². The van der Waals surface area contributed by atoms with Gasteiger partial charge in [-0.15, -0.1) is 35.8 Å². The second kappa shape index (κ2) is 7.79. The van der Waals surface area contributed by atoms with Crippen molar-refractivity contribution in [1.82, 2.24) is 9.97 Å². The molecule has 6 heteroatoms. The van der Waals surface area contributed by atoms with Gasteiger partial charge in [0.15, 0.2) is 8.68 Å². The normalized spacial score (nSPS) is 11.4. The highest BCUT2D eigenvalue weighted by Gasteiger charge is 2.06. The third-order valence-electron chi connectivity index (χ3n) is 2.43. The lowest BCUT2D eigenvalue weighted by molar-refractivity contribution is 1.20. The van der Waals surface area contributed by atoms with Gasteiger partial charge in [-0.05, 0) is 40.6 Å². The smallest absolute Gasteiger partial charge is 0.162 e. The molecule has 3 aromatic rings. The highest BCUT2D eigenvalue weighted by Crippen LogP contribution is 2.40. The fourth-order valence-corrected chi connectivity index (χ4v) is 6.00. The molecule has 3 rings (SSSR count). The lowest BCUT2D eigenvalue weighted by atomic mass is 10.3. The van der Waals surface area contributed by atoms with Gasteiger partial charge in [-0.1, -0.05) is 24.8 Å². The number of fused-ring (bicyclic) bond motifs is 1. The van der Waals surface area contributed by atoms with Crippen LogP contribution < -0.4 is 9.88 Å². The summed E-state index contributed by atoms with van der Waals surface area (Å²) in [6.07, 6.45) is 2.05. The van der Waals surface area contributed by atoms with Crippen molar-refractivity contribution < 1.29 is 0 Å². The molecule has 2 heterocycles. The number of para-hydroxylation sites is 1. The van der Waals surface area contributed by atoms with Gasteiger partial charge in [0.1, 0.15) is 0 Å². The molecule has 0 aliphatic heterocycles. The second-order valence-electron chi connectivity index (χ2n) is 3.69. The van der Waals surface area contributed by atoms with Crippen LogP contribution in [-0.2, 0) is 0 Å². The Kier molecular flexibility index (Phi) is 6.05. The van der Waals surface area contributed by atoms with Gasteiger partial charge < -0.3 is 0 Å². The molecule has 21 heavy (non-hydrogen) atoms. The summed E-state index contributed by atoms with van der Waals surface area (Å²) in [5, 5.41) is 0.861. The number of hydrogen-bond donors (Lipinski definition) is 0. The van der Waals surface area contributed by atoms with Crippen LogP contribution in [0.25, 0.3) is 22.9 Å². The lowest BCUT2D eigenvalue weighted by Crippen LogP contribution is -2.17. The molecular formula is C15H14N2S4. The summed E-state index contributed by atoms with van der Waals surface area (Å²) in [5.41, 5.74) is 1.06. The van der Waals surface area contributed by atoms with Gasteiger partial charge >= 0.3 is 0 Å². The van der Waals surface area contributed by atoms with Gasteiger partial charge in [0.05, 0.1) is 20.1 Å². The van der Waals surface area contributed by atoms with E-state index in [1.165, 1.54) is 4.70 Å². The Morgan fingerprint density at radius 3 is 2.33 bits per heavy atom. The minimum atomic E-state index is 0.861. The van der Waals surface area contributed by atoms with Crippen LogP contribution in [-0.4, -0.2) is 9.97 Å². The number of benzene rings is 1. The fourth-order valence-electron chi connectivity index (χ4n) is 1.56. The van der Waals surface area contributed by atoms with E-state index < -0.39 is 0 Å². The van der Waals surface area contributed by atoms with Crippen LogP contribution in [0.4, 0.5) is 0 Å². The maximum absolute atomic E-state index is 4.59. The topological polar surface area (TPSA) is 25.8 Å². The standard InChI is InChI=1S/C13H10N2S4.C2H4/c1-3-10-8(2)14-12(16-10)18-19-13-15-9-6-4-5-7-11(9)17-13;1-2/h3-7H,2H2,1H3;1-2H2/b10-3+;. The largest absolute Gasteiger partial charge is 0.229 e. The SMILES string of the molecule is C=C.C=c1nc(SSc2nc3ccccc3s2)s/c1=C/C. The molecule has 0 atom stereocenters. The fraction of sp³-hybridized carbons (Fsp3) is 0.0667. The predicted molar refractivity (Wildman–Crippen MR) is 99.6 cm³/mol. The highest BCUT2D eigenvalue weighted by atomic mass is 33.1. The molecule has 0 fully saturated rings.